The zero-order valence-electron chi connectivity index (χ0n) is 16.5. The van der Waals surface area contributed by atoms with Gasteiger partial charge >= 0.3 is 0 Å². The van der Waals surface area contributed by atoms with Crippen LogP contribution in [0, 0.1) is 0 Å². The third-order valence-corrected chi connectivity index (χ3v) is 5.10. The monoisotopic (exact) mass is 380 g/mol. The zero-order chi connectivity index (χ0) is 19.7. The van der Waals surface area contributed by atoms with Crippen molar-refractivity contribution < 1.29 is 14.2 Å². The molecule has 0 amide bonds. The zero-order valence-corrected chi connectivity index (χ0v) is 16.5. The molecule has 3 aromatic rings. The van der Waals surface area contributed by atoms with Crippen LogP contribution < -0.4 is 19.5 Å². The quantitative estimate of drug-likeness (QED) is 0.719. The summed E-state index contributed by atoms with van der Waals surface area (Å²) in [4.78, 5) is 4.17. The van der Waals surface area contributed by atoms with Crippen LogP contribution in [0.5, 0.6) is 17.4 Å². The van der Waals surface area contributed by atoms with Crippen LogP contribution in [-0.2, 0) is 0 Å². The number of benzene rings is 1. The molecule has 1 aromatic carbocycles. The molecule has 2 unspecified atom stereocenters. The van der Waals surface area contributed by atoms with Crippen LogP contribution in [0.2, 0.25) is 0 Å². The van der Waals surface area contributed by atoms with Crippen molar-refractivity contribution in [2.45, 2.75) is 25.4 Å². The van der Waals surface area contributed by atoms with E-state index in [9.17, 15) is 0 Å². The maximum atomic E-state index is 5.46. The van der Waals surface area contributed by atoms with Crippen LogP contribution in [0.4, 0.5) is 5.82 Å². The van der Waals surface area contributed by atoms with E-state index >= 15 is 0 Å². The lowest BCUT2D eigenvalue weighted by Crippen LogP contribution is -2.25. The SMILES string of the molecule is COc1cc(-c2cc3n(n2)C(C)CC(c2ccc(OC)c(OC)c2)N3)ccn1. The van der Waals surface area contributed by atoms with Crippen molar-refractivity contribution >= 4 is 5.82 Å². The molecule has 7 nitrogen and oxygen atoms in total. The number of methoxy groups -OCH3 is 3. The van der Waals surface area contributed by atoms with Gasteiger partial charge in [-0.3, -0.25) is 0 Å². The average Bonchev–Trinajstić information content (AvgIpc) is 3.18. The molecular weight excluding hydrogens is 356 g/mol. The topological polar surface area (TPSA) is 70.4 Å². The Bertz CT molecular complexity index is 986. The van der Waals surface area contributed by atoms with E-state index in [1.54, 1.807) is 27.5 Å². The lowest BCUT2D eigenvalue weighted by atomic mass is 9.98. The minimum absolute atomic E-state index is 0.166. The first kappa shape index (κ1) is 18.2. The summed E-state index contributed by atoms with van der Waals surface area (Å²) in [6.07, 6.45) is 2.65. The second-order valence-electron chi connectivity index (χ2n) is 6.84. The summed E-state index contributed by atoms with van der Waals surface area (Å²) in [5.74, 6) is 3.03. The van der Waals surface area contributed by atoms with Gasteiger partial charge in [-0.2, -0.15) is 5.10 Å². The molecule has 28 heavy (non-hydrogen) atoms. The minimum Gasteiger partial charge on any atom is -0.493 e. The van der Waals surface area contributed by atoms with Gasteiger partial charge in [0, 0.05) is 23.9 Å². The Morgan fingerprint density at radius 3 is 2.57 bits per heavy atom. The van der Waals surface area contributed by atoms with Gasteiger partial charge in [-0.15, -0.1) is 0 Å². The summed E-state index contributed by atoms with van der Waals surface area (Å²) in [7, 11) is 4.91. The second kappa shape index (κ2) is 7.42. The molecule has 0 bridgehead atoms. The standard InChI is InChI=1S/C21H24N4O3/c1-13-9-16(14-5-6-18(26-2)19(10-14)27-3)23-20-12-17(24-25(13)20)15-7-8-22-21(11-15)28-4/h5-8,10-13,16,23H,9H2,1-4H3. The number of anilines is 1. The summed E-state index contributed by atoms with van der Waals surface area (Å²) < 4.78 is 18.1. The van der Waals surface area contributed by atoms with E-state index in [0.29, 0.717) is 5.88 Å². The normalized spacial score (nSPS) is 18.1. The van der Waals surface area contributed by atoms with Crippen LogP contribution in [0.3, 0.4) is 0 Å². The summed E-state index contributed by atoms with van der Waals surface area (Å²) in [5, 5.41) is 8.40. The highest BCUT2D eigenvalue weighted by Gasteiger charge is 2.27. The van der Waals surface area contributed by atoms with Crippen LogP contribution in [0.15, 0.2) is 42.6 Å². The molecule has 0 fully saturated rings. The van der Waals surface area contributed by atoms with Crippen LogP contribution in [0.25, 0.3) is 11.3 Å². The Balaban J connectivity index is 1.64. The number of hydrogen-bond donors (Lipinski definition) is 1. The number of rotatable bonds is 5. The molecule has 0 radical (unpaired) electrons. The molecular formula is C21H24N4O3. The summed E-state index contributed by atoms with van der Waals surface area (Å²) in [6, 6.07) is 12.4. The van der Waals surface area contributed by atoms with E-state index in [2.05, 4.69) is 29.4 Å². The molecule has 4 rings (SSSR count). The number of hydrogen-bond acceptors (Lipinski definition) is 6. The number of aromatic nitrogens is 3. The van der Waals surface area contributed by atoms with Gasteiger partial charge in [-0.1, -0.05) is 6.07 Å². The fourth-order valence-corrected chi connectivity index (χ4v) is 3.63. The van der Waals surface area contributed by atoms with E-state index in [1.165, 1.54) is 0 Å². The predicted octanol–water partition coefficient (Wildman–Crippen LogP) is 4.09. The van der Waals surface area contributed by atoms with Crippen molar-refractivity contribution in [3.8, 4) is 28.6 Å². The second-order valence-corrected chi connectivity index (χ2v) is 6.84. The Kier molecular flexibility index (Phi) is 4.81. The molecule has 2 atom stereocenters. The third-order valence-electron chi connectivity index (χ3n) is 5.10. The van der Waals surface area contributed by atoms with E-state index in [0.717, 1.165) is 40.6 Å². The van der Waals surface area contributed by atoms with Gasteiger partial charge in [0.15, 0.2) is 11.5 Å². The van der Waals surface area contributed by atoms with Crippen molar-refractivity contribution in [2.75, 3.05) is 26.6 Å². The van der Waals surface area contributed by atoms with Crippen LogP contribution in [0.1, 0.15) is 31.0 Å². The number of nitrogens with zero attached hydrogens (tertiary/aromatic N) is 3. The van der Waals surface area contributed by atoms with Gasteiger partial charge in [-0.25, -0.2) is 9.67 Å². The van der Waals surface area contributed by atoms with Gasteiger partial charge in [0.1, 0.15) is 5.82 Å². The van der Waals surface area contributed by atoms with Crippen LogP contribution in [-0.4, -0.2) is 36.1 Å². The van der Waals surface area contributed by atoms with Crippen molar-refractivity contribution in [1.29, 1.82) is 0 Å². The largest absolute Gasteiger partial charge is 0.493 e. The Hall–Kier alpha value is -3.22. The van der Waals surface area contributed by atoms with E-state index in [-0.39, 0.29) is 12.1 Å². The highest BCUT2D eigenvalue weighted by atomic mass is 16.5. The predicted molar refractivity (Wildman–Crippen MR) is 107 cm³/mol. The number of ether oxygens (including phenoxy) is 3. The smallest absolute Gasteiger partial charge is 0.213 e. The van der Waals surface area contributed by atoms with Gasteiger partial charge in [0.25, 0.3) is 0 Å². The van der Waals surface area contributed by atoms with Gasteiger partial charge in [-0.05, 0) is 37.1 Å². The Morgan fingerprint density at radius 2 is 1.82 bits per heavy atom. The molecule has 1 aliphatic heterocycles. The highest BCUT2D eigenvalue weighted by molar-refractivity contribution is 5.64. The fraction of sp³-hybridized carbons (Fsp3) is 0.333. The highest BCUT2D eigenvalue weighted by Crippen LogP contribution is 2.39. The molecule has 0 aliphatic carbocycles. The summed E-state index contributed by atoms with van der Waals surface area (Å²) in [6.45, 7) is 2.18. The maximum absolute atomic E-state index is 5.46. The molecule has 2 aromatic heterocycles. The number of fused-ring (bicyclic) bond motifs is 1. The molecule has 146 valence electrons. The first-order valence-electron chi connectivity index (χ1n) is 9.21. The molecule has 0 spiro atoms. The molecule has 3 heterocycles. The van der Waals surface area contributed by atoms with Crippen molar-refractivity contribution in [1.82, 2.24) is 14.8 Å². The molecule has 0 saturated heterocycles. The van der Waals surface area contributed by atoms with Gasteiger partial charge in [0.2, 0.25) is 5.88 Å². The molecule has 7 heteroatoms. The first-order valence-corrected chi connectivity index (χ1v) is 9.21. The van der Waals surface area contributed by atoms with Gasteiger partial charge < -0.3 is 19.5 Å². The molecule has 0 saturated carbocycles. The van der Waals surface area contributed by atoms with Gasteiger partial charge in [0.05, 0.1) is 39.1 Å². The van der Waals surface area contributed by atoms with Crippen molar-refractivity contribution in [3.05, 3.63) is 48.2 Å². The number of nitrogens with one attached hydrogen (secondary N) is 1. The fourth-order valence-electron chi connectivity index (χ4n) is 3.63. The third kappa shape index (κ3) is 3.24. The minimum atomic E-state index is 0.166. The van der Waals surface area contributed by atoms with Crippen molar-refractivity contribution in [3.63, 3.8) is 0 Å². The van der Waals surface area contributed by atoms with Crippen LogP contribution >= 0.6 is 0 Å². The lowest BCUT2D eigenvalue weighted by Gasteiger charge is -2.30. The van der Waals surface area contributed by atoms with Crippen molar-refractivity contribution in [2.24, 2.45) is 0 Å². The number of pyridine rings is 1. The van der Waals surface area contributed by atoms with E-state index < -0.39 is 0 Å². The summed E-state index contributed by atoms with van der Waals surface area (Å²) >= 11 is 0. The Labute approximate surface area is 164 Å². The Morgan fingerprint density at radius 1 is 1.00 bits per heavy atom. The average molecular weight is 380 g/mol. The first-order chi connectivity index (χ1) is 13.6. The maximum Gasteiger partial charge on any atom is 0.213 e. The lowest BCUT2D eigenvalue weighted by molar-refractivity contribution is 0.353. The molecule has 1 aliphatic rings. The molecule has 1 N–H and O–H groups in total. The van der Waals surface area contributed by atoms with E-state index in [4.69, 9.17) is 19.3 Å². The summed E-state index contributed by atoms with van der Waals surface area (Å²) in [5.41, 5.74) is 3.03. The van der Waals surface area contributed by atoms with E-state index in [1.807, 2.05) is 28.9 Å².